The lowest BCUT2D eigenvalue weighted by Crippen LogP contribution is -2.13. The second-order valence-corrected chi connectivity index (χ2v) is 34.3. The Hall–Kier alpha value is -10.9. The first-order chi connectivity index (χ1) is 51.4. The summed E-state index contributed by atoms with van der Waals surface area (Å²) in [6.45, 7) is 40.6. The molecule has 14 aromatic carbocycles. The fourth-order valence-electron chi connectivity index (χ4n) is 12.7. The molecule has 0 nitrogen and oxygen atoms in total. The van der Waals surface area contributed by atoms with Crippen molar-refractivity contribution in [2.45, 2.75) is 157 Å². The molecule has 0 aliphatic heterocycles. The van der Waals surface area contributed by atoms with Crippen LogP contribution in [-0.2, 0) is 32.5 Å². The predicted molar refractivity (Wildman–Crippen MR) is 474 cm³/mol. The van der Waals surface area contributed by atoms with Crippen molar-refractivity contribution in [1.29, 1.82) is 0 Å². The number of benzene rings is 14. The summed E-state index contributed by atoms with van der Waals surface area (Å²) in [5, 5.41) is 0. The van der Waals surface area contributed by atoms with Crippen molar-refractivity contribution in [1.82, 2.24) is 0 Å². The van der Waals surface area contributed by atoms with Crippen LogP contribution in [0.2, 0.25) is 0 Å². The van der Waals surface area contributed by atoms with Gasteiger partial charge in [0.15, 0.2) is 0 Å². The van der Waals surface area contributed by atoms with Crippen molar-refractivity contribution in [2.24, 2.45) is 0 Å². The zero-order chi connectivity index (χ0) is 77.5. The molecule has 0 saturated heterocycles. The van der Waals surface area contributed by atoms with Crippen molar-refractivity contribution in [3.05, 3.63) is 409 Å². The van der Waals surface area contributed by atoms with E-state index in [1.165, 1.54) is 122 Å². The maximum absolute atomic E-state index is 2.34. The SMILES string of the molecule is CC(C)(C)c1cc(-c2ccccc2)cc(-c2ccccc2)c1.CC(C)(C)c1cc(-c2ccccc2)ccc1-c1ccccc1.CC(C)(C)c1ccc(-c2ccccc2)cc1.CC(C)(C)c1cccc(-c2cccc(-c3ccccc3)c2)c1.CC(C)(C)c1cccc(-c2ccccc2)c1.CC(C)(C)c1ccccc1. The topological polar surface area (TPSA) is 0 Å². The van der Waals surface area contributed by atoms with E-state index in [1.54, 1.807) is 0 Å². The molecule has 0 aromatic heterocycles. The zero-order valence-corrected chi connectivity index (χ0v) is 67.8. The third kappa shape index (κ3) is 24.3. The highest BCUT2D eigenvalue weighted by Gasteiger charge is 2.22. The maximum Gasteiger partial charge on any atom is -0.0125 e. The van der Waals surface area contributed by atoms with Gasteiger partial charge in [0.05, 0.1) is 0 Å². The van der Waals surface area contributed by atoms with Crippen LogP contribution >= 0.6 is 0 Å². The van der Waals surface area contributed by atoms with Crippen LogP contribution in [0.15, 0.2) is 376 Å². The summed E-state index contributed by atoms with van der Waals surface area (Å²) in [6, 6.07) is 134. The van der Waals surface area contributed by atoms with Gasteiger partial charge in [0.25, 0.3) is 0 Å². The highest BCUT2D eigenvalue weighted by molar-refractivity contribution is 5.77. The van der Waals surface area contributed by atoms with Gasteiger partial charge in [-0.25, -0.2) is 0 Å². The molecule has 0 fully saturated rings. The van der Waals surface area contributed by atoms with Crippen molar-refractivity contribution < 1.29 is 0 Å². The summed E-state index contributed by atoms with van der Waals surface area (Å²) >= 11 is 0. The van der Waals surface area contributed by atoms with Crippen LogP contribution in [0.1, 0.15) is 158 Å². The molecule has 0 heteroatoms. The second kappa shape index (κ2) is 37.1. The minimum Gasteiger partial charge on any atom is -0.0622 e. The first-order valence-electron chi connectivity index (χ1n) is 38.5. The van der Waals surface area contributed by atoms with Gasteiger partial charge in [-0.2, -0.15) is 0 Å². The fraction of sp³-hybridized carbons (Fsp3) is 0.222. The number of rotatable bonds is 8. The number of hydrogen-bond donors (Lipinski definition) is 0. The molecule has 0 amide bonds. The standard InChI is InChI=1S/3C22H22.2C16H18.C10H14/c1-22(2,3)21-15-19(17-10-6-4-7-11-17)14-20(16-21)18-12-8-5-9-13-18;1-22(2,3)21-16-19(17-10-6-4-7-11-17)14-15-20(21)18-12-8-5-9-13-18;1-22(2,3)21-14-8-13-20(16-21)19-12-7-11-18(15-19)17-9-5-4-6-10-17;1-16(2,3)15-11-7-10-14(12-15)13-8-5-4-6-9-13;1-16(2,3)15-11-9-14(10-12-15)13-7-5-4-6-8-13;1-10(2,3)9-7-5-4-6-8-9/h3*4-16H,1-3H3;2*4-12H,1-3H3;4-8H,1-3H3. The van der Waals surface area contributed by atoms with E-state index < -0.39 is 0 Å². The molecule has 14 aromatic rings. The van der Waals surface area contributed by atoms with Crippen LogP contribution < -0.4 is 0 Å². The van der Waals surface area contributed by atoms with Crippen molar-refractivity contribution in [3.8, 4) is 89.0 Å². The van der Waals surface area contributed by atoms with Gasteiger partial charge < -0.3 is 0 Å². The molecular formula is C108H116. The van der Waals surface area contributed by atoms with Gasteiger partial charge in [0, 0.05) is 0 Å². The molecule has 0 saturated carbocycles. The molecule has 0 radical (unpaired) electrons. The molecule has 0 aliphatic carbocycles. The largest absolute Gasteiger partial charge is 0.0622 e. The monoisotopic (exact) mass is 1410 g/mol. The van der Waals surface area contributed by atoms with E-state index in [1.807, 2.05) is 6.07 Å². The lowest BCUT2D eigenvalue weighted by atomic mass is 9.80. The minimum absolute atomic E-state index is 0.107. The molecule has 108 heavy (non-hydrogen) atoms. The average molecular weight is 1410 g/mol. The molecule has 0 bridgehead atoms. The normalized spacial score (nSPS) is 11.4. The van der Waals surface area contributed by atoms with E-state index in [-0.39, 0.29) is 27.1 Å². The molecule has 0 unspecified atom stereocenters. The van der Waals surface area contributed by atoms with Gasteiger partial charge in [0.1, 0.15) is 0 Å². The second-order valence-electron chi connectivity index (χ2n) is 34.3. The Morgan fingerprint density at radius 1 is 0.120 bits per heavy atom. The van der Waals surface area contributed by atoms with E-state index in [9.17, 15) is 0 Å². The molecule has 0 heterocycles. The van der Waals surface area contributed by atoms with Gasteiger partial charge in [0.2, 0.25) is 0 Å². The van der Waals surface area contributed by atoms with Gasteiger partial charge in [-0.3, -0.25) is 0 Å². The summed E-state index contributed by atoms with van der Waals surface area (Å²) in [5.41, 5.74) is 29.9. The van der Waals surface area contributed by atoms with Gasteiger partial charge in [-0.1, -0.05) is 489 Å². The van der Waals surface area contributed by atoms with E-state index in [0.717, 1.165) is 0 Å². The Bertz CT molecular complexity index is 4910. The summed E-state index contributed by atoms with van der Waals surface area (Å²) in [6.07, 6.45) is 0. The lowest BCUT2D eigenvalue weighted by molar-refractivity contribution is 0.590. The average Bonchev–Trinajstić information content (AvgIpc) is 0.808. The third-order valence-electron chi connectivity index (χ3n) is 19.4. The Morgan fingerprint density at radius 3 is 0.648 bits per heavy atom. The molecular weight excluding hydrogens is 1300 g/mol. The highest BCUT2D eigenvalue weighted by Crippen LogP contribution is 2.38. The van der Waals surface area contributed by atoms with Crippen LogP contribution in [0, 0.1) is 0 Å². The van der Waals surface area contributed by atoms with E-state index >= 15 is 0 Å². The van der Waals surface area contributed by atoms with Crippen LogP contribution in [0.25, 0.3) is 89.0 Å². The number of hydrogen-bond acceptors (Lipinski definition) is 0. The summed E-state index contributed by atoms with van der Waals surface area (Å²) < 4.78 is 0. The minimum atomic E-state index is 0.107. The van der Waals surface area contributed by atoms with E-state index in [4.69, 9.17) is 0 Å². The lowest BCUT2D eigenvalue weighted by Gasteiger charge is -2.24. The van der Waals surface area contributed by atoms with Gasteiger partial charge in [-0.05, 0) is 167 Å². The first-order valence-corrected chi connectivity index (χ1v) is 38.5. The summed E-state index contributed by atoms with van der Waals surface area (Å²) in [5.74, 6) is 0. The van der Waals surface area contributed by atoms with Crippen molar-refractivity contribution in [2.75, 3.05) is 0 Å². The van der Waals surface area contributed by atoms with Crippen LogP contribution in [0.4, 0.5) is 0 Å². The Morgan fingerprint density at radius 2 is 0.324 bits per heavy atom. The van der Waals surface area contributed by atoms with E-state index in [2.05, 4.69) is 495 Å². The molecule has 0 aliphatic rings. The van der Waals surface area contributed by atoms with Gasteiger partial charge in [-0.15, -0.1) is 0 Å². The molecule has 0 spiro atoms. The van der Waals surface area contributed by atoms with Gasteiger partial charge >= 0.3 is 0 Å². The first kappa shape index (κ1) is 81.2. The van der Waals surface area contributed by atoms with Crippen LogP contribution in [0.3, 0.4) is 0 Å². The molecule has 0 N–H and O–H groups in total. The van der Waals surface area contributed by atoms with Crippen molar-refractivity contribution >= 4 is 0 Å². The smallest absolute Gasteiger partial charge is 0.0125 e. The highest BCUT2D eigenvalue weighted by atomic mass is 14.3. The summed E-state index contributed by atoms with van der Waals surface area (Å²) in [4.78, 5) is 0. The zero-order valence-electron chi connectivity index (χ0n) is 67.8. The van der Waals surface area contributed by atoms with Crippen molar-refractivity contribution in [3.63, 3.8) is 0 Å². The maximum atomic E-state index is 2.34. The predicted octanol–water partition coefficient (Wildman–Crippen LogP) is 31.2. The molecule has 548 valence electrons. The quantitative estimate of drug-likeness (QED) is 0.142. The fourth-order valence-corrected chi connectivity index (χ4v) is 12.7. The Balaban J connectivity index is 0.000000152. The molecule has 0 atom stereocenters. The van der Waals surface area contributed by atoms with Crippen LogP contribution in [-0.4, -0.2) is 0 Å². The summed E-state index contributed by atoms with van der Waals surface area (Å²) in [7, 11) is 0. The van der Waals surface area contributed by atoms with Crippen LogP contribution in [0.5, 0.6) is 0 Å². The molecule has 14 rings (SSSR count). The van der Waals surface area contributed by atoms with E-state index in [0.29, 0.717) is 5.41 Å². The Labute approximate surface area is 651 Å². The Kier molecular flexibility index (Phi) is 27.9. The third-order valence-corrected chi connectivity index (χ3v) is 19.4.